The van der Waals surface area contributed by atoms with E-state index in [1.807, 2.05) is 48.9 Å². The Hall–Kier alpha value is -2.13. The third-order valence-electron chi connectivity index (χ3n) is 4.03. The van der Waals surface area contributed by atoms with Gasteiger partial charge in [0.1, 0.15) is 6.10 Å². The van der Waals surface area contributed by atoms with Crippen molar-refractivity contribution >= 4 is 10.9 Å². The molecule has 0 aliphatic rings. The number of aromatic nitrogens is 1. The molecule has 0 aliphatic carbocycles. The zero-order valence-corrected chi connectivity index (χ0v) is 14.3. The highest BCUT2D eigenvalue weighted by atomic mass is 16.3. The summed E-state index contributed by atoms with van der Waals surface area (Å²) in [5, 5.41) is 11.2. The summed E-state index contributed by atoms with van der Waals surface area (Å²) in [5.74, 6) is 0. The first-order valence-corrected chi connectivity index (χ1v) is 7.97. The average Bonchev–Trinajstić information content (AvgIpc) is 2.50. The summed E-state index contributed by atoms with van der Waals surface area (Å²) in [4.78, 5) is 12.2. The minimum atomic E-state index is -0.774. The first-order chi connectivity index (χ1) is 10.9. The standard InChI is InChI=1S/C20H25NO2/c1-14(2)8-7-9-15(3)12-20(23)18-13-19(22)16-10-5-6-11-17(16)21(18)4/h5-6,8,10-13,20,23H,7,9H2,1-4H3/b15-12+. The van der Waals surface area contributed by atoms with Crippen LogP contribution in [0, 0.1) is 0 Å². The highest BCUT2D eigenvalue weighted by molar-refractivity contribution is 5.79. The number of aryl methyl sites for hydroxylation is 1. The molecule has 122 valence electrons. The Labute approximate surface area is 137 Å². The molecule has 0 fully saturated rings. The molecule has 0 saturated heterocycles. The molecule has 1 aromatic carbocycles. The predicted molar refractivity (Wildman–Crippen MR) is 96.6 cm³/mol. The van der Waals surface area contributed by atoms with Gasteiger partial charge in [0.25, 0.3) is 0 Å². The predicted octanol–water partition coefficient (Wildman–Crippen LogP) is 4.26. The second-order valence-corrected chi connectivity index (χ2v) is 6.29. The largest absolute Gasteiger partial charge is 0.383 e. The maximum atomic E-state index is 12.2. The van der Waals surface area contributed by atoms with E-state index >= 15 is 0 Å². The number of rotatable bonds is 5. The topological polar surface area (TPSA) is 42.2 Å². The van der Waals surface area contributed by atoms with Crippen LogP contribution in [0.3, 0.4) is 0 Å². The van der Waals surface area contributed by atoms with Crippen molar-refractivity contribution in [3.8, 4) is 0 Å². The number of fused-ring (bicyclic) bond motifs is 1. The normalized spacial score (nSPS) is 13.2. The van der Waals surface area contributed by atoms with Crippen LogP contribution < -0.4 is 5.43 Å². The van der Waals surface area contributed by atoms with Gasteiger partial charge in [-0.05, 0) is 45.7 Å². The van der Waals surface area contributed by atoms with Crippen molar-refractivity contribution in [2.75, 3.05) is 0 Å². The number of aliphatic hydroxyl groups excluding tert-OH is 1. The van der Waals surface area contributed by atoms with Gasteiger partial charge in [-0.15, -0.1) is 0 Å². The van der Waals surface area contributed by atoms with Crippen LogP contribution in [0.4, 0.5) is 0 Å². The first kappa shape index (κ1) is 17.2. The van der Waals surface area contributed by atoms with E-state index in [0.717, 1.165) is 23.9 Å². The lowest BCUT2D eigenvalue weighted by Gasteiger charge is -2.15. The number of para-hydroxylation sites is 1. The van der Waals surface area contributed by atoms with E-state index in [9.17, 15) is 9.90 Å². The monoisotopic (exact) mass is 311 g/mol. The first-order valence-electron chi connectivity index (χ1n) is 7.97. The molecule has 2 rings (SSSR count). The molecule has 3 nitrogen and oxygen atoms in total. The molecule has 1 heterocycles. The summed E-state index contributed by atoms with van der Waals surface area (Å²) in [6.45, 7) is 6.18. The highest BCUT2D eigenvalue weighted by Crippen LogP contribution is 2.20. The van der Waals surface area contributed by atoms with Crippen molar-refractivity contribution in [2.45, 2.75) is 39.7 Å². The van der Waals surface area contributed by atoms with Gasteiger partial charge in [0.15, 0.2) is 5.43 Å². The lowest BCUT2D eigenvalue weighted by atomic mass is 10.1. The Kier molecular flexibility index (Phi) is 5.56. The van der Waals surface area contributed by atoms with Crippen molar-refractivity contribution in [3.05, 3.63) is 69.5 Å². The summed E-state index contributed by atoms with van der Waals surface area (Å²) in [7, 11) is 1.88. The van der Waals surface area contributed by atoms with Crippen molar-refractivity contribution in [1.29, 1.82) is 0 Å². The van der Waals surface area contributed by atoms with Crippen LogP contribution in [0.5, 0.6) is 0 Å². The maximum Gasteiger partial charge on any atom is 0.189 e. The van der Waals surface area contributed by atoms with Crippen LogP contribution >= 0.6 is 0 Å². The molecule has 0 amide bonds. The fourth-order valence-electron chi connectivity index (χ4n) is 2.73. The van der Waals surface area contributed by atoms with E-state index in [2.05, 4.69) is 19.9 Å². The second-order valence-electron chi connectivity index (χ2n) is 6.29. The van der Waals surface area contributed by atoms with Crippen LogP contribution in [0.25, 0.3) is 10.9 Å². The van der Waals surface area contributed by atoms with Gasteiger partial charge >= 0.3 is 0 Å². The quantitative estimate of drug-likeness (QED) is 0.838. The van der Waals surface area contributed by atoms with Gasteiger partial charge in [0.05, 0.1) is 11.2 Å². The summed E-state index contributed by atoms with van der Waals surface area (Å²) < 4.78 is 1.89. The molecule has 0 bridgehead atoms. The molecule has 1 unspecified atom stereocenters. The van der Waals surface area contributed by atoms with E-state index in [4.69, 9.17) is 0 Å². The average molecular weight is 311 g/mol. The number of pyridine rings is 1. The van der Waals surface area contributed by atoms with Crippen LogP contribution in [0.1, 0.15) is 45.4 Å². The SMILES string of the molecule is CC(C)=CCC/C(C)=C/C(O)c1cc(=O)c2ccccc2n1C. The Balaban J connectivity index is 2.31. The zero-order valence-electron chi connectivity index (χ0n) is 14.3. The summed E-state index contributed by atoms with van der Waals surface area (Å²) >= 11 is 0. The Bertz CT molecular complexity index is 808. The summed E-state index contributed by atoms with van der Waals surface area (Å²) in [6.07, 6.45) is 5.12. The summed E-state index contributed by atoms with van der Waals surface area (Å²) in [5.41, 5.74) is 3.83. The van der Waals surface area contributed by atoms with Crippen molar-refractivity contribution in [2.24, 2.45) is 7.05 Å². The number of nitrogens with zero attached hydrogens (tertiary/aromatic N) is 1. The minimum Gasteiger partial charge on any atom is -0.383 e. The second kappa shape index (κ2) is 7.42. The number of hydrogen-bond donors (Lipinski definition) is 1. The molecule has 1 aromatic heterocycles. The van der Waals surface area contributed by atoms with Gasteiger partial charge in [0, 0.05) is 18.5 Å². The smallest absolute Gasteiger partial charge is 0.189 e. The molecular weight excluding hydrogens is 286 g/mol. The molecule has 23 heavy (non-hydrogen) atoms. The molecule has 1 atom stereocenters. The number of benzene rings is 1. The van der Waals surface area contributed by atoms with E-state index in [0.29, 0.717) is 11.1 Å². The van der Waals surface area contributed by atoms with Crippen LogP contribution in [0.15, 0.2) is 58.4 Å². The number of hydrogen-bond acceptors (Lipinski definition) is 2. The Morgan fingerprint density at radius 1 is 1.26 bits per heavy atom. The van der Waals surface area contributed by atoms with Gasteiger partial charge in [0.2, 0.25) is 0 Å². The van der Waals surface area contributed by atoms with Crippen LogP contribution in [0.2, 0.25) is 0 Å². The van der Waals surface area contributed by atoms with Crippen molar-refractivity contribution in [1.82, 2.24) is 4.57 Å². The van der Waals surface area contributed by atoms with Gasteiger partial charge in [-0.1, -0.05) is 35.4 Å². The molecule has 0 spiro atoms. The molecule has 0 radical (unpaired) electrons. The van der Waals surface area contributed by atoms with Gasteiger partial charge in [-0.2, -0.15) is 0 Å². The van der Waals surface area contributed by atoms with Gasteiger partial charge in [-0.25, -0.2) is 0 Å². The van der Waals surface area contributed by atoms with Crippen LogP contribution in [-0.2, 0) is 7.05 Å². The third kappa shape index (κ3) is 4.20. The van der Waals surface area contributed by atoms with Gasteiger partial charge < -0.3 is 9.67 Å². The lowest BCUT2D eigenvalue weighted by Crippen LogP contribution is -2.14. The van der Waals surface area contributed by atoms with Crippen LogP contribution in [-0.4, -0.2) is 9.67 Å². The Morgan fingerprint density at radius 3 is 2.65 bits per heavy atom. The van der Waals surface area contributed by atoms with E-state index in [1.54, 1.807) is 0 Å². The fourth-order valence-corrected chi connectivity index (χ4v) is 2.73. The molecule has 0 saturated carbocycles. The third-order valence-corrected chi connectivity index (χ3v) is 4.03. The number of allylic oxidation sites excluding steroid dienone is 3. The molecule has 3 heteroatoms. The fraction of sp³-hybridized carbons (Fsp3) is 0.350. The van der Waals surface area contributed by atoms with Crippen molar-refractivity contribution < 1.29 is 5.11 Å². The van der Waals surface area contributed by atoms with E-state index in [1.165, 1.54) is 11.6 Å². The molecule has 1 N–H and O–H groups in total. The molecule has 0 aliphatic heterocycles. The van der Waals surface area contributed by atoms with Crippen molar-refractivity contribution in [3.63, 3.8) is 0 Å². The minimum absolute atomic E-state index is 0.0525. The lowest BCUT2D eigenvalue weighted by molar-refractivity contribution is 0.218. The maximum absolute atomic E-state index is 12.2. The zero-order chi connectivity index (χ0) is 17.0. The van der Waals surface area contributed by atoms with E-state index < -0.39 is 6.10 Å². The molecular formula is C20H25NO2. The Morgan fingerprint density at radius 2 is 1.96 bits per heavy atom. The van der Waals surface area contributed by atoms with Gasteiger partial charge in [-0.3, -0.25) is 4.79 Å². The number of aliphatic hydroxyl groups is 1. The highest BCUT2D eigenvalue weighted by Gasteiger charge is 2.12. The molecule has 2 aromatic rings. The summed E-state index contributed by atoms with van der Waals surface area (Å²) in [6, 6.07) is 9.01. The van der Waals surface area contributed by atoms with E-state index in [-0.39, 0.29) is 5.43 Å².